The van der Waals surface area contributed by atoms with Crippen molar-refractivity contribution in [1.29, 1.82) is 0 Å². The topological polar surface area (TPSA) is 49.4 Å². The van der Waals surface area contributed by atoms with Crippen molar-refractivity contribution in [1.82, 2.24) is 9.62 Å². The zero-order valence-electron chi connectivity index (χ0n) is 9.63. The molecule has 0 bridgehead atoms. The number of hydrogen-bond acceptors (Lipinski definition) is 3. The summed E-state index contributed by atoms with van der Waals surface area (Å²) in [5, 5.41) is 2.96. The molecule has 1 saturated heterocycles. The number of nitrogens with one attached hydrogen (secondary N) is 1. The largest absolute Gasteiger partial charge is 0.389 e. The number of alkyl halides is 3. The lowest BCUT2D eigenvalue weighted by Gasteiger charge is -2.16. The molecule has 8 heteroatoms. The highest BCUT2D eigenvalue weighted by Gasteiger charge is 2.32. The summed E-state index contributed by atoms with van der Waals surface area (Å²) >= 11 is 0. The number of sulfonamides is 1. The normalized spacial score (nSPS) is 23.2. The number of rotatable bonds is 5. The van der Waals surface area contributed by atoms with Crippen LogP contribution in [0.2, 0.25) is 0 Å². The molecule has 1 N–H and O–H groups in total. The molecule has 102 valence electrons. The standard InChI is InChI=1S/C9H17F3N2O2S/c1-13-8-3-5-14(7-8)17(15,16)6-2-4-9(10,11)12/h8,13H,2-7H2,1H3. The van der Waals surface area contributed by atoms with Crippen LogP contribution in [0.15, 0.2) is 0 Å². The molecule has 0 aromatic carbocycles. The average molecular weight is 274 g/mol. The summed E-state index contributed by atoms with van der Waals surface area (Å²) in [6.45, 7) is 0.741. The third-order valence-corrected chi connectivity index (χ3v) is 4.74. The first-order valence-corrected chi connectivity index (χ1v) is 7.07. The minimum absolute atomic E-state index is 0.104. The fourth-order valence-corrected chi connectivity index (χ4v) is 3.36. The summed E-state index contributed by atoms with van der Waals surface area (Å²) in [4.78, 5) is 0. The lowest BCUT2D eigenvalue weighted by Crippen LogP contribution is -2.35. The second kappa shape index (κ2) is 5.53. The van der Waals surface area contributed by atoms with Crippen molar-refractivity contribution in [3.63, 3.8) is 0 Å². The Morgan fingerprint density at radius 2 is 2.06 bits per heavy atom. The van der Waals surface area contributed by atoms with E-state index in [1.807, 2.05) is 0 Å². The van der Waals surface area contributed by atoms with Gasteiger partial charge in [-0.3, -0.25) is 0 Å². The van der Waals surface area contributed by atoms with Crippen LogP contribution in [0, 0.1) is 0 Å². The van der Waals surface area contributed by atoms with Gasteiger partial charge in [0.1, 0.15) is 0 Å². The van der Waals surface area contributed by atoms with Gasteiger partial charge in [0.05, 0.1) is 5.75 Å². The summed E-state index contributed by atoms with van der Waals surface area (Å²) in [5.74, 6) is -0.428. The summed E-state index contributed by atoms with van der Waals surface area (Å²) in [7, 11) is -1.79. The molecule has 0 spiro atoms. The lowest BCUT2D eigenvalue weighted by atomic mass is 10.3. The first kappa shape index (κ1) is 14.7. The van der Waals surface area contributed by atoms with Gasteiger partial charge in [0.2, 0.25) is 10.0 Å². The van der Waals surface area contributed by atoms with E-state index >= 15 is 0 Å². The molecule has 0 radical (unpaired) electrons. The van der Waals surface area contributed by atoms with Crippen molar-refractivity contribution >= 4 is 10.0 Å². The van der Waals surface area contributed by atoms with E-state index in [1.54, 1.807) is 7.05 Å². The van der Waals surface area contributed by atoms with Gasteiger partial charge in [0, 0.05) is 25.6 Å². The third kappa shape index (κ3) is 4.81. The van der Waals surface area contributed by atoms with Gasteiger partial charge in [-0.05, 0) is 19.9 Å². The van der Waals surface area contributed by atoms with Crippen molar-refractivity contribution in [2.75, 3.05) is 25.9 Å². The van der Waals surface area contributed by atoms with Crippen LogP contribution in [-0.2, 0) is 10.0 Å². The van der Waals surface area contributed by atoms with Gasteiger partial charge in [0.25, 0.3) is 0 Å². The summed E-state index contributed by atoms with van der Waals surface area (Å²) in [6, 6.07) is 0.104. The molecule has 1 rings (SSSR count). The minimum atomic E-state index is -4.28. The minimum Gasteiger partial charge on any atom is -0.316 e. The Morgan fingerprint density at radius 3 is 2.53 bits per heavy atom. The van der Waals surface area contributed by atoms with E-state index < -0.39 is 28.4 Å². The van der Waals surface area contributed by atoms with E-state index in [0.29, 0.717) is 19.5 Å². The molecular formula is C9H17F3N2O2S. The average Bonchev–Trinajstić information content (AvgIpc) is 2.63. The number of likely N-dealkylation sites (N-methyl/N-ethyl adjacent to an activating group) is 1. The SMILES string of the molecule is CNC1CCN(S(=O)(=O)CCCC(F)(F)F)C1. The van der Waals surface area contributed by atoms with Crippen molar-refractivity contribution in [3.8, 4) is 0 Å². The van der Waals surface area contributed by atoms with E-state index in [4.69, 9.17) is 0 Å². The smallest absolute Gasteiger partial charge is 0.316 e. The van der Waals surface area contributed by atoms with Crippen molar-refractivity contribution in [3.05, 3.63) is 0 Å². The van der Waals surface area contributed by atoms with Gasteiger partial charge in [-0.2, -0.15) is 13.2 Å². The van der Waals surface area contributed by atoms with Gasteiger partial charge < -0.3 is 5.32 Å². The van der Waals surface area contributed by atoms with E-state index in [9.17, 15) is 21.6 Å². The lowest BCUT2D eigenvalue weighted by molar-refractivity contribution is -0.134. The maximum atomic E-state index is 11.9. The van der Waals surface area contributed by atoms with Crippen LogP contribution in [0.4, 0.5) is 13.2 Å². The van der Waals surface area contributed by atoms with Crippen molar-refractivity contribution in [2.24, 2.45) is 0 Å². The molecule has 1 atom stereocenters. The highest BCUT2D eigenvalue weighted by Crippen LogP contribution is 2.22. The molecule has 1 fully saturated rings. The molecule has 1 aliphatic rings. The van der Waals surface area contributed by atoms with E-state index in [1.165, 1.54) is 4.31 Å². The maximum Gasteiger partial charge on any atom is 0.389 e. The first-order valence-electron chi connectivity index (χ1n) is 5.46. The second-order valence-corrected chi connectivity index (χ2v) is 6.26. The van der Waals surface area contributed by atoms with Gasteiger partial charge in [-0.15, -0.1) is 0 Å². The van der Waals surface area contributed by atoms with E-state index in [2.05, 4.69) is 5.32 Å². The van der Waals surface area contributed by atoms with Crippen LogP contribution in [0.5, 0.6) is 0 Å². The molecule has 0 saturated carbocycles. The Hall–Kier alpha value is -0.340. The van der Waals surface area contributed by atoms with E-state index in [0.717, 1.165) is 0 Å². The molecule has 1 heterocycles. The van der Waals surface area contributed by atoms with Crippen molar-refractivity contribution < 1.29 is 21.6 Å². The van der Waals surface area contributed by atoms with Crippen LogP contribution in [0.25, 0.3) is 0 Å². The van der Waals surface area contributed by atoms with Gasteiger partial charge >= 0.3 is 6.18 Å². The molecule has 0 aromatic rings. The molecule has 17 heavy (non-hydrogen) atoms. The summed E-state index contributed by atoms with van der Waals surface area (Å²) in [5.41, 5.74) is 0. The maximum absolute atomic E-state index is 11.9. The van der Waals surface area contributed by atoms with Gasteiger partial charge in [-0.25, -0.2) is 12.7 Å². The van der Waals surface area contributed by atoms with Gasteiger partial charge in [-0.1, -0.05) is 0 Å². The fraction of sp³-hybridized carbons (Fsp3) is 1.00. The Bertz CT molecular complexity index is 343. The van der Waals surface area contributed by atoms with E-state index in [-0.39, 0.29) is 12.5 Å². The monoisotopic (exact) mass is 274 g/mol. The van der Waals surface area contributed by atoms with Crippen LogP contribution >= 0.6 is 0 Å². The zero-order chi connectivity index (χ0) is 13.1. The Morgan fingerprint density at radius 1 is 1.41 bits per heavy atom. The molecule has 0 amide bonds. The molecule has 1 unspecified atom stereocenters. The van der Waals surface area contributed by atoms with Crippen LogP contribution in [-0.4, -0.2) is 50.8 Å². The molecular weight excluding hydrogens is 257 g/mol. The van der Waals surface area contributed by atoms with Crippen molar-refractivity contribution in [2.45, 2.75) is 31.5 Å². The molecule has 0 aliphatic carbocycles. The Kier molecular flexibility index (Phi) is 4.79. The predicted molar refractivity (Wildman–Crippen MR) is 58.1 cm³/mol. The highest BCUT2D eigenvalue weighted by molar-refractivity contribution is 7.89. The molecule has 0 aromatic heterocycles. The molecule has 1 aliphatic heterocycles. The van der Waals surface area contributed by atoms with Gasteiger partial charge in [0.15, 0.2) is 0 Å². The number of hydrogen-bond donors (Lipinski definition) is 1. The Balaban J connectivity index is 2.42. The third-order valence-electron chi connectivity index (χ3n) is 2.82. The number of halogens is 3. The Labute approximate surface area is 99.2 Å². The quantitative estimate of drug-likeness (QED) is 0.812. The zero-order valence-corrected chi connectivity index (χ0v) is 10.4. The summed E-state index contributed by atoms with van der Waals surface area (Å²) in [6.07, 6.45) is -4.99. The summed E-state index contributed by atoms with van der Waals surface area (Å²) < 4.78 is 60.4. The first-order chi connectivity index (χ1) is 7.74. The predicted octanol–water partition coefficient (Wildman–Crippen LogP) is 0.952. The fourth-order valence-electron chi connectivity index (χ4n) is 1.80. The van der Waals surface area contributed by atoms with Crippen LogP contribution < -0.4 is 5.32 Å². The number of nitrogens with zero attached hydrogens (tertiary/aromatic N) is 1. The highest BCUT2D eigenvalue weighted by atomic mass is 32.2. The van der Waals surface area contributed by atoms with Crippen LogP contribution in [0.3, 0.4) is 0 Å². The second-order valence-electron chi connectivity index (χ2n) is 4.17. The molecule has 4 nitrogen and oxygen atoms in total. The van der Waals surface area contributed by atoms with Crippen LogP contribution in [0.1, 0.15) is 19.3 Å².